The van der Waals surface area contributed by atoms with Gasteiger partial charge in [-0.05, 0) is 38.1 Å². The highest BCUT2D eigenvalue weighted by Crippen LogP contribution is 2.30. The highest BCUT2D eigenvalue weighted by Gasteiger charge is 2.19. The molecule has 0 aromatic heterocycles. The molecule has 0 spiro atoms. The number of hydrogen-bond donors (Lipinski definition) is 2. The van der Waals surface area contributed by atoms with Crippen molar-refractivity contribution < 1.29 is 27.1 Å². The molecule has 2 aromatic carbocycles. The lowest BCUT2D eigenvalue weighted by Gasteiger charge is -2.13. The van der Waals surface area contributed by atoms with Crippen LogP contribution in [0.1, 0.15) is 24.2 Å². The Morgan fingerprint density at radius 1 is 1.04 bits per heavy atom. The van der Waals surface area contributed by atoms with Gasteiger partial charge in [-0.1, -0.05) is 12.1 Å². The van der Waals surface area contributed by atoms with E-state index in [1.54, 1.807) is 13.8 Å². The molecule has 0 saturated heterocycles. The van der Waals surface area contributed by atoms with Gasteiger partial charge in [0, 0.05) is 6.07 Å². The first-order valence-corrected chi connectivity index (χ1v) is 9.33. The summed E-state index contributed by atoms with van der Waals surface area (Å²) in [4.78, 5) is 13.7. The lowest BCUT2D eigenvalue weighted by Crippen LogP contribution is -2.41. The van der Waals surface area contributed by atoms with Crippen molar-refractivity contribution in [1.82, 2.24) is 10.3 Å². The molecule has 0 saturated carbocycles. The van der Waals surface area contributed by atoms with Gasteiger partial charge in [0.2, 0.25) is 0 Å². The number of carbonyl (C=O) groups excluding carboxylic acids is 1. The summed E-state index contributed by atoms with van der Waals surface area (Å²) in [7, 11) is -4.09. The summed E-state index contributed by atoms with van der Waals surface area (Å²) < 4.78 is 49.1. The van der Waals surface area contributed by atoms with Crippen LogP contribution in [0.5, 0.6) is 11.5 Å². The van der Waals surface area contributed by atoms with Crippen molar-refractivity contribution in [2.45, 2.75) is 18.7 Å². The number of benzene rings is 2. The Bertz CT molecular complexity index is 886. The number of ether oxygens (including phenoxy) is 2. The van der Waals surface area contributed by atoms with Gasteiger partial charge >= 0.3 is 0 Å². The van der Waals surface area contributed by atoms with E-state index >= 15 is 0 Å². The molecule has 2 N–H and O–H groups in total. The molecule has 1 amide bonds. The average molecular weight is 382 g/mol. The zero-order chi connectivity index (χ0) is 19.2. The van der Waals surface area contributed by atoms with E-state index in [-0.39, 0.29) is 16.2 Å². The SMILES string of the molecule is CCOc1ccc(S(=O)(=O)NNC(=O)c2ccccc2F)cc1OCC. The van der Waals surface area contributed by atoms with Gasteiger partial charge in [0.25, 0.3) is 15.9 Å². The number of hydrogen-bond acceptors (Lipinski definition) is 5. The van der Waals surface area contributed by atoms with Gasteiger partial charge in [0.05, 0.1) is 23.7 Å². The van der Waals surface area contributed by atoms with Crippen molar-refractivity contribution in [2.75, 3.05) is 13.2 Å². The molecule has 0 heterocycles. The van der Waals surface area contributed by atoms with Crippen molar-refractivity contribution in [3.05, 3.63) is 53.8 Å². The largest absolute Gasteiger partial charge is 0.490 e. The molecule has 140 valence electrons. The fourth-order valence-electron chi connectivity index (χ4n) is 2.08. The Balaban J connectivity index is 2.18. The summed E-state index contributed by atoms with van der Waals surface area (Å²) in [6.45, 7) is 4.26. The molecule has 0 atom stereocenters. The summed E-state index contributed by atoms with van der Waals surface area (Å²) >= 11 is 0. The lowest BCUT2D eigenvalue weighted by atomic mass is 10.2. The number of carbonyl (C=O) groups is 1. The Morgan fingerprint density at radius 2 is 1.69 bits per heavy atom. The smallest absolute Gasteiger partial charge is 0.269 e. The first kappa shape index (κ1) is 19.7. The molecule has 2 rings (SSSR count). The molecular weight excluding hydrogens is 363 g/mol. The van der Waals surface area contributed by atoms with Crippen molar-refractivity contribution in [3.63, 3.8) is 0 Å². The van der Waals surface area contributed by atoms with E-state index in [0.717, 1.165) is 6.07 Å². The molecule has 2 aromatic rings. The Hall–Kier alpha value is -2.65. The standard InChI is InChI=1S/C17H19FN2O5S/c1-3-24-15-10-9-12(11-16(15)25-4-2)26(22,23)20-19-17(21)13-7-5-6-8-14(13)18/h5-11,20H,3-4H2,1-2H3,(H,19,21). The predicted octanol–water partition coefficient (Wildman–Crippen LogP) is 2.25. The number of rotatable bonds is 8. The molecule has 9 heteroatoms. The zero-order valence-electron chi connectivity index (χ0n) is 14.3. The Morgan fingerprint density at radius 3 is 2.35 bits per heavy atom. The van der Waals surface area contributed by atoms with E-state index in [1.165, 1.54) is 36.4 Å². The molecule has 26 heavy (non-hydrogen) atoms. The van der Waals surface area contributed by atoms with Crippen molar-refractivity contribution >= 4 is 15.9 Å². The van der Waals surface area contributed by atoms with Gasteiger partial charge < -0.3 is 9.47 Å². The molecule has 0 aliphatic rings. The number of amides is 1. The number of nitrogens with one attached hydrogen (secondary N) is 2. The van der Waals surface area contributed by atoms with E-state index in [4.69, 9.17) is 9.47 Å². The van der Waals surface area contributed by atoms with Crippen LogP contribution in [0.2, 0.25) is 0 Å². The van der Waals surface area contributed by atoms with Crippen LogP contribution in [-0.2, 0) is 10.0 Å². The zero-order valence-corrected chi connectivity index (χ0v) is 15.1. The Labute approximate surface area is 151 Å². The van der Waals surface area contributed by atoms with Crippen molar-refractivity contribution in [3.8, 4) is 11.5 Å². The maximum absolute atomic E-state index is 13.6. The molecule has 0 unspecified atom stereocenters. The third-order valence-electron chi connectivity index (χ3n) is 3.24. The minimum absolute atomic E-state index is 0.141. The fourth-order valence-corrected chi connectivity index (χ4v) is 2.94. The van der Waals surface area contributed by atoms with E-state index in [1.807, 2.05) is 10.3 Å². The molecule has 0 aliphatic heterocycles. The van der Waals surface area contributed by atoms with Crippen LogP contribution in [0.3, 0.4) is 0 Å². The highest BCUT2D eigenvalue weighted by atomic mass is 32.2. The molecule has 0 radical (unpaired) electrons. The van der Waals surface area contributed by atoms with Crippen LogP contribution in [0.25, 0.3) is 0 Å². The maximum Gasteiger partial charge on any atom is 0.269 e. The summed E-state index contributed by atoms with van der Waals surface area (Å²) in [5, 5.41) is 0. The lowest BCUT2D eigenvalue weighted by molar-refractivity contribution is 0.0941. The highest BCUT2D eigenvalue weighted by molar-refractivity contribution is 7.89. The van der Waals surface area contributed by atoms with Crippen LogP contribution < -0.4 is 19.7 Å². The summed E-state index contributed by atoms with van der Waals surface area (Å²) in [5.41, 5.74) is 1.70. The van der Waals surface area contributed by atoms with E-state index in [0.29, 0.717) is 19.0 Å². The van der Waals surface area contributed by atoms with Gasteiger partial charge in [0.1, 0.15) is 5.82 Å². The second-order valence-corrected chi connectivity index (χ2v) is 6.70. The normalized spacial score (nSPS) is 11.0. The monoisotopic (exact) mass is 382 g/mol. The average Bonchev–Trinajstić information content (AvgIpc) is 2.62. The summed E-state index contributed by atoms with van der Waals surface area (Å²) in [6, 6.07) is 9.28. The van der Waals surface area contributed by atoms with Crippen LogP contribution in [0, 0.1) is 5.82 Å². The minimum Gasteiger partial charge on any atom is -0.490 e. The van der Waals surface area contributed by atoms with Gasteiger partial charge in [-0.3, -0.25) is 10.2 Å². The first-order valence-electron chi connectivity index (χ1n) is 7.85. The van der Waals surface area contributed by atoms with Crippen molar-refractivity contribution in [1.29, 1.82) is 0 Å². The predicted molar refractivity (Wildman–Crippen MR) is 93.0 cm³/mol. The first-order chi connectivity index (χ1) is 12.4. The van der Waals surface area contributed by atoms with E-state index in [9.17, 15) is 17.6 Å². The second-order valence-electron chi connectivity index (χ2n) is 5.01. The molecule has 7 nitrogen and oxygen atoms in total. The summed E-state index contributed by atoms with van der Waals surface area (Å²) in [5.74, 6) is -1.01. The minimum atomic E-state index is -4.09. The number of halogens is 1. The van der Waals surface area contributed by atoms with Crippen LogP contribution in [0.15, 0.2) is 47.4 Å². The van der Waals surface area contributed by atoms with E-state index in [2.05, 4.69) is 0 Å². The Kier molecular flexibility index (Phi) is 6.53. The van der Waals surface area contributed by atoms with Gasteiger partial charge in [0.15, 0.2) is 11.5 Å². The third kappa shape index (κ3) is 4.70. The van der Waals surface area contributed by atoms with Crippen LogP contribution >= 0.6 is 0 Å². The van der Waals surface area contributed by atoms with E-state index < -0.39 is 21.7 Å². The number of sulfonamides is 1. The molecule has 0 bridgehead atoms. The molecule has 0 aliphatic carbocycles. The van der Waals surface area contributed by atoms with Gasteiger partial charge in [-0.2, -0.15) is 0 Å². The fraction of sp³-hybridized carbons (Fsp3) is 0.235. The molecular formula is C17H19FN2O5S. The maximum atomic E-state index is 13.6. The van der Waals surface area contributed by atoms with Gasteiger partial charge in [-0.15, -0.1) is 4.83 Å². The van der Waals surface area contributed by atoms with Crippen molar-refractivity contribution in [2.24, 2.45) is 0 Å². The second kappa shape index (κ2) is 8.63. The number of hydrazine groups is 1. The third-order valence-corrected chi connectivity index (χ3v) is 4.49. The quantitative estimate of drug-likeness (QED) is 0.683. The van der Waals surface area contributed by atoms with Gasteiger partial charge in [-0.25, -0.2) is 12.8 Å². The molecule has 0 fully saturated rings. The van der Waals surface area contributed by atoms with Crippen LogP contribution in [-0.4, -0.2) is 27.5 Å². The summed E-state index contributed by atoms with van der Waals surface area (Å²) in [6.07, 6.45) is 0. The van der Waals surface area contributed by atoms with Crippen LogP contribution in [0.4, 0.5) is 4.39 Å². The topological polar surface area (TPSA) is 93.7 Å².